The standard InChI is InChI=1S/C19H25ClN2O2S/c1-13(2)11-14(22-7-9-24-10-8-22)12-21-19(23)18-17(20)15-5-3-4-6-16(15)25-18/h3-6,13-14H,7-12H2,1-2H3,(H,21,23). The SMILES string of the molecule is CC(C)CC(CNC(=O)c1sc2ccccc2c1Cl)N1CCOCC1. The Morgan fingerprint density at radius 2 is 2.04 bits per heavy atom. The van der Waals surface area contributed by atoms with Gasteiger partial charge in [-0.2, -0.15) is 0 Å². The number of ether oxygens (including phenoxy) is 1. The number of hydrogen-bond donors (Lipinski definition) is 1. The van der Waals surface area contributed by atoms with Crippen LogP contribution in [-0.2, 0) is 4.74 Å². The highest BCUT2D eigenvalue weighted by molar-refractivity contribution is 7.21. The maximum atomic E-state index is 12.7. The van der Waals surface area contributed by atoms with Crippen LogP contribution in [0.15, 0.2) is 24.3 Å². The highest BCUT2D eigenvalue weighted by Crippen LogP contribution is 2.35. The van der Waals surface area contributed by atoms with Crippen LogP contribution in [0.5, 0.6) is 0 Å². The molecule has 1 amide bonds. The van der Waals surface area contributed by atoms with Gasteiger partial charge in [0.15, 0.2) is 0 Å². The molecule has 1 N–H and O–H groups in total. The fourth-order valence-electron chi connectivity index (χ4n) is 3.30. The minimum Gasteiger partial charge on any atom is -0.379 e. The molecule has 2 heterocycles. The van der Waals surface area contributed by atoms with Gasteiger partial charge in [-0.05, 0) is 18.4 Å². The van der Waals surface area contributed by atoms with Gasteiger partial charge in [0.1, 0.15) is 4.88 Å². The topological polar surface area (TPSA) is 41.6 Å². The van der Waals surface area contributed by atoms with E-state index in [9.17, 15) is 4.79 Å². The van der Waals surface area contributed by atoms with Crippen LogP contribution in [0.1, 0.15) is 29.9 Å². The molecule has 0 aliphatic carbocycles. The maximum Gasteiger partial charge on any atom is 0.262 e. The van der Waals surface area contributed by atoms with Crippen molar-refractivity contribution in [1.82, 2.24) is 10.2 Å². The van der Waals surface area contributed by atoms with Crippen molar-refractivity contribution >= 4 is 38.9 Å². The monoisotopic (exact) mass is 380 g/mol. The minimum atomic E-state index is -0.0757. The summed E-state index contributed by atoms with van der Waals surface area (Å²) >= 11 is 7.88. The van der Waals surface area contributed by atoms with Crippen molar-refractivity contribution in [2.24, 2.45) is 5.92 Å². The molecule has 6 heteroatoms. The van der Waals surface area contributed by atoms with Gasteiger partial charge in [-0.1, -0.05) is 43.6 Å². The average Bonchev–Trinajstić information content (AvgIpc) is 2.96. The van der Waals surface area contributed by atoms with E-state index >= 15 is 0 Å². The summed E-state index contributed by atoms with van der Waals surface area (Å²) in [6.07, 6.45) is 1.06. The van der Waals surface area contributed by atoms with E-state index in [4.69, 9.17) is 16.3 Å². The van der Waals surface area contributed by atoms with Gasteiger partial charge in [-0.3, -0.25) is 9.69 Å². The van der Waals surface area contributed by atoms with Crippen LogP contribution >= 0.6 is 22.9 Å². The predicted molar refractivity (Wildman–Crippen MR) is 105 cm³/mol. The number of carbonyl (C=O) groups excluding carboxylic acids is 1. The summed E-state index contributed by atoms with van der Waals surface area (Å²) in [6.45, 7) is 8.47. The van der Waals surface area contributed by atoms with Crippen molar-refractivity contribution < 1.29 is 9.53 Å². The van der Waals surface area contributed by atoms with E-state index in [1.807, 2.05) is 24.3 Å². The first kappa shape index (κ1) is 18.6. The van der Waals surface area contributed by atoms with Crippen LogP contribution in [0.2, 0.25) is 5.02 Å². The molecule has 0 bridgehead atoms. The number of nitrogens with zero attached hydrogens (tertiary/aromatic N) is 1. The third-order valence-corrected chi connectivity index (χ3v) is 6.22. The lowest BCUT2D eigenvalue weighted by molar-refractivity contribution is 0.0125. The molecule has 0 spiro atoms. The lowest BCUT2D eigenvalue weighted by Gasteiger charge is -2.35. The smallest absolute Gasteiger partial charge is 0.262 e. The number of carbonyl (C=O) groups is 1. The lowest BCUT2D eigenvalue weighted by Crippen LogP contribution is -2.49. The first-order valence-electron chi connectivity index (χ1n) is 8.83. The third kappa shape index (κ3) is 4.53. The van der Waals surface area contributed by atoms with Gasteiger partial charge in [0.2, 0.25) is 0 Å². The van der Waals surface area contributed by atoms with Gasteiger partial charge in [0.25, 0.3) is 5.91 Å². The summed E-state index contributed by atoms with van der Waals surface area (Å²) in [5.41, 5.74) is 0. The molecule has 1 atom stereocenters. The third-order valence-electron chi connectivity index (χ3n) is 4.54. The Hall–Kier alpha value is -1.14. The molecule has 25 heavy (non-hydrogen) atoms. The van der Waals surface area contributed by atoms with Gasteiger partial charge in [0.05, 0.1) is 18.2 Å². The Morgan fingerprint density at radius 3 is 2.72 bits per heavy atom. The summed E-state index contributed by atoms with van der Waals surface area (Å²) in [4.78, 5) is 15.7. The van der Waals surface area contributed by atoms with Gasteiger partial charge < -0.3 is 10.1 Å². The number of fused-ring (bicyclic) bond motifs is 1. The zero-order valence-corrected chi connectivity index (χ0v) is 16.3. The highest BCUT2D eigenvalue weighted by Gasteiger charge is 2.24. The second kappa shape index (κ2) is 8.49. The summed E-state index contributed by atoms with van der Waals surface area (Å²) in [5, 5.41) is 4.62. The van der Waals surface area contributed by atoms with Crippen LogP contribution in [0.4, 0.5) is 0 Å². The number of nitrogens with one attached hydrogen (secondary N) is 1. The van der Waals surface area contributed by atoms with Gasteiger partial charge in [-0.25, -0.2) is 0 Å². The lowest BCUT2D eigenvalue weighted by atomic mass is 10.0. The summed E-state index contributed by atoms with van der Waals surface area (Å²) < 4.78 is 6.50. The van der Waals surface area contributed by atoms with Crippen molar-refractivity contribution in [2.45, 2.75) is 26.3 Å². The number of halogens is 1. The van der Waals surface area contributed by atoms with Crippen molar-refractivity contribution in [2.75, 3.05) is 32.8 Å². The number of benzene rings is 1. The van der Waals surface area contributed by atoms with Crippen molar-refractivity contribution in [3.63, 3.8) is 0 Å². The van der Waals surface area contributed by atoms with Crippen LogP contribution in [0, 0.1) is 5.92 Å². The van der Waals surface area contributed by atoms with Crippen LogP contribution in [-0.4, -0.2) is 49.7 Å². The fraction of sp³-hybridized carbons (Fsp3) is 0.526. The largest absolute Gasteiger partial charge is 0.379 e. The minimum absolute atomic E-state index is 0.0757. The Balaban J connectivity index is 1.68. The number of amides is 1. The van der Waals surface area contributed by atoms with E-state index in [-0.39, 0.29) is 5.91 Å². The number of morpholine rings is 1. The molecule has 1 unspecified atom stereocenters. The van der Waals surface area contributed by atoms with Crippen LogP contribution < -0.4 is 5.32 Å². The molecule has 0 radical (unpaired) electrons. The highest BCUT2D eigenvalue weighted by atomic mass is 35.5. The second-order valence-electron chi connectivity index (χ2n) is 6.88. The molecule has 136 valence electrons. The van der Waals surface area contributed by atoms with E-state index in [1.165, 1.54) is 11.3 Å². The molecular weight excluding hydrogens is 356 g/mol. The van der Waals surface area contributed by atoms with Crippen LogP contribution in [0.25, 0.3) is 10.1 Å². The van der Waals surface area contributed by atoms with Gasteiger partial charge in [-0.15, -0.1) is 11.3 Å². The van der Waals surface area contributed by atoms with E-state index < -0.39 is 0 Å². The maximum absolute atomic E-state index is 12.7. The van der Waals surface area contributed by atoms with Crippen molar-refractivity contribution in [1.29, 1.82) is 0 Å². The van der Waals surface area contributed by atoms with E-state index in [0.717, 1.165) is 42.8 Å². The molecule has 1 fully saturated rings. The van der Waals surface area contributed by atoms with Crippen molar-refractivity contribution in [3.05, 3.63) is 34.2 Å². The number of thiophene rings is 1. The normalized spacial score (nSPS) is 17.1. The molecule has 1 aliphatic rings. The fourth-order valence-corrected chi connectivity index (χ4v) is 4.73. The first-order chi connectivity index (χ1) is 12.1. The van der Waals surface area contributed by atoms with E-state index in [2.05, 4.69) is 24.1 Å². The van der Waals surface area contributed by atoms with Crippen LogP contribution in [0.3, 0.4) is 0 Å². The molecule has 1 saturated heterocycles. The predicted octanol–water partition coefficient (Wildman–Crippen LogP) is 4.03. The molecule has 4 nitrogen and oxygen atoms in total. The Bertz CT molecular complexity index is 725. The van der Waals surface area contributed by atoms with E-state index in [0.29, 0.717) is 28.4 Å². The molecular formula is C19H25ClN2O2S. The molecule has 0 saturated carbocycles. The summed E-state index contributed by atoms with van der Waals surface area (Å²) in [7, 11) is 0. The molecule has 3 rings (SSSR count). The quantitative estimate of drug-likeness (QED) is 0.822. The zero-order chi connectivity index (χ0) is 17.8. The molecule has 1 aromatic carbocycles. The zero-order valence-electron chi connectivity index (χ0n) is 14.8. The Morgan fingerprint density at radius 1 is 1.32 bits per heavy atom. The second-order valence-corrected chi connectivity index (χ2v) is 8.31. The Labute approximate surface area is 158 Å². The van der Waals surface area contributed by atoms with Gasteiger partial charge in [0, 0.05) is 35.8 Å². The molecule has 1 aliphatic heterocycles. The number of rotatable bonds is 6. The first-order valence-corrected chi connectivity index (χ1v) is 10.0. The molecule has 1 aromatic heterocycles. The Kier molecular flexibility index (Phi) is 6.34. The van der Waals surface area contributed by atoms with E-state index in [1.54, 1.807) is 0 Å². The summed E-state index contributed by atoms with van der Waals surface area (Å²) in [5.74, 6) is 0.505. The van der Waals surface area contributed by atoms with Gasteiger partial charge >= 0.3 is 0 Å². The van der Waals surface area contributed by atoms with Crippen molar-refractivity contribution in [3.8, 4) is 0 Å². The summed E-state index contributed by atoms with van der Waals surface area (Å²) in [6, 6.07) is 8.20. The molecule has 2 aromatic rings. The number of hydrogen-bond acceptors (Lipinski definition) is 4. The average molecular weight is 381 g/mol.